The zero-order valence-electron chi connectivity index (χ0n) is 11.7. The molecule has 1 aromatic carbocycles. The molecule has 96 valence electrons. The standard InChI is InChI=1S/C16H15NO2.Na/c1-12(16(18)19)9-13-4-6-14(7-5-13)10-15-3-2-8-17-11-15;/h2-9,11H,10H2,1H3,(H,18,19);/q;+1/p-1. The molecule has 0 fully saturated rings. The smallest absolute Gasteiger partial charge is 0.545 e. The molecule has 0 bridgehead atoms. The van der Waals surface area contributed by atoms with Crippen LogP contribution in [0.2, 0.25) is 0 Å². The Morgan fingerprint density at radius 3 is 2.45 bits per heavy atom. The third-order valence-corrected chi connectivity index (χ3v) is 2.82. The summed E-state index contributed by atoms with van der Waals surface area (Å²) in [6.07, 6.45) is 6.01. The van der Waals surface area contributed by atoms with E-state index >= 15 is 0 Å². The second-order valence-electron chi connectivity index (χ2n) is 4.39. The third kappa shape index (κ3) is 4.93. The van der Waals surface area contributed by atoms with Crippen LogP contribution in [-0.4, -0.2) is 11.0 Å². The molecule has 3 nitrogen and oxygen atoms in total. The number of carbonyl (C=O) groups excluding carboxylic acids is 1. The van der Waals surface area contributed by atoms with Crippen LogP contribution in [0.15, 0.2) is 54.4 Å². The maximum Gasteiger partial charge on any atom is 1.00 e. The molecule has 20 heavy (non-hydrogen) atoms. The summed E-state index contributed by atoms with van der Waals surface area (Å²) in [6, 6.07) is 11.7. The Labute approximate surface area is 140 Å². The molecule has 0 amide bonds. The SMILES string of the molecule is CC(=Cc1ccc(Cc2cccnc2)cc1)C(=O)[O-].[Na+]. The van der Waals surface area contributed by atoms with Crippen molar-refractivity contribution >= 4 is 12.0 Å². The molecule has 1 aromatic heterocycles. The second kappa shape index (κ2) is 8.00. The van der Waals surface area contributed by atoms with Gasteiger partial charge in [-0.15, -0.1) is 0 Å². The van der Waals surface area contributed by atoms with Crippen LogP contribution >= 0.6 is 0 Å². The number of pyridine rings is 1. The van der Waals surface area contributed by atoms with Crippen LogP contribution < -0.4 is 34.7 Å². The fourth-order valence-corrected chi connectivity index (χ4v) is 1.78. The predicted molar refractivity (Wildman–Crippen MR) is 72.1 cm³/mol. The molecule has 0 spiro atoms. The van der Waals surface area contributed by atoms with Gasteiger partial charge in [-0.05, 0) is 41.7 Å². The van der Waals surface area contributed by atoms with Crippen molar-refractivity contribution in [1.29, 1.82) is 0 Å². The summed E-state index contributed by atoms with van der Waals surface area (Å²) in [7, 11) is 0. The van der Waals surface area contributed by atoms with Gasteiger partial charge < -0.3 is 9.90 Å². The summed E-state index contributed by atoms with van der Waals surface area (Å²) >= 11 is 0. The number of rotatable bonds is 4. The van der Waals surface area contributed by atoms with Crippen molar-refractivity contribution in [2.75, 3.05) is 0 Å². The molecule has 2 aromatic rings. The van der Waals surface area contributed by atoms with Crippen molar-refractivity contribution in [3.05, 3.63) is 71.1 Å². The molecule has 2 rings (SSSR count). The van der Waals surface area contributed by atoms with E-state index in [1.165, 1.54) is 6.92 Å². The minimum atomic E-state index is -1.14. The van der Waals surface area contributed by atoms with Crippen molar-refractivity contribution in [2.24, 2.45) is 0 Å². The summed E-state index contributed by atoms with van der Waals surface area (Å²) in [5.74, 6) is -1.14. The first-order valence-electron chi connectivity index (χ1n) is 6.02. The van der Waals surface area contributed by atoms with Crippen LogP contribution in [0, 0.1) is 0 Å². The maximum atomic E-state index is 10.6. The number of carbonyl (C=O) groups is 1. The van der Waals surface area contributed by atoms with Crippen LogP contribution in [0.5, 0.6) is 0 Å². The van der Waals surface area contributed by atoms with Crippen molar-refractivity contribution in [3.8, 4) is 0 Å². The van der Waals surface area contributed by atoms with E-state index in [-0.39, 0.29) is 35.1 Å². The Hall–Kier alpha value is -1.42. The largest absolute Gasteiger partial charge is 1.00 e. The van der Waals surface area contributed by atoms with Crippen LogP contribution in [0.3, 0.4) is 0 Å². The zero-order valence-corrected chi connectivity index (χ0v) is 13.7. The molecular formula is C16H14NNaO2. The van der Waals surface area contributed by atoms with E-state index in [9.17, 15) is 9.90 Å². The summed E-state index contributed by atoms with van der Waals surface area (Å²) in [6.45, 7) is 1.53. The number of nitrogens with zero attached hydrogens (tertiary/aromatic N) is 1. The van der Waals surface area contributed by atoms with Crippen molar-refractivity contribution in [3.63, 3.8) is 0 Å². The number of aromatic nitrogens is 1. The van der Waals surface area contributed by atoms with E-state index in [0.717, 1.165) is 23.1 Å². The van der Waals surface area contributed by atoms with Crippen LogP contribution in [0.1, 0.15) is 23.6 Å². The summed E-state index contributed by atoms with van der Waals surface area (Å²) in [5, 5.41) is 10.6. The van der Waals surface area contributed by atoms with Gasteiger partial charge in [0.1, 0.15) is 0 Å². The normalized spacial score (nSPS) is 10.8. The molecule has 1 heterocycles. The number of benzene rings is 1. The van der Waals surface area contributed by atoms with Gasteiger partial charge in [0, 0.05) is 12.4 Å². The van der Waals surface area contributed by atoms with Crippen molar-refractivity contribution in [1.82, 2.24) is 4.98 Å². The van der Waals surface area contributed by atoms with Crippen LogP contribution in [-0.2, 0) is 11.2 Å². The Morgan fingerprint density at radius 1 is 1.20 bits per heavy atom. The van der Waals surface area contributed by atoms with Gasteiger partial charge in [0.25, 0.3) is 0 Å². The second-order valence-corrected chi connectivity index (χ2v) is 4.39. The number of hydrogen-bond donors (Lipinski definition) is 0. The molecule has 0 saturated carbocycles. The minimum Gasteiger partial charge on any atom is -0.545 e. The van der Waals surface area contributed by atoms with Crippen LogP contribution in [0.4, 0.5) is 0 Å². The summed E-state index contributed by atoms with van der Waals surface area (Å²) in [5.41, 5.74) is 3.39. The Morgan fingerprint density at radius 2 is 1.90 bits per heavy atom. The Kier molecular flexibility index (Phi) is 6.65. The topological polar surface area (TPSA) is 53.0 Å². The third-order valence-electron chi connectivity index (χ3n) is 2.82. The van der Waals surface area contributed by atoms with Gasteiger partial charge in [-0.2, -0.15) is 0 Å². The van der Waals surface area contributed by atoms with Crippen molar-refractivity contribution in [2.45, 2.75) is 13.3 Å². The number of carboxylic acids is 1. The van der Waals surface area contributed by atoms with Gasteiger partial charge in [0.05, 0.1) is 5.97 Å². The molecule has 0 aliphatic carbocycles. The first-order chi connectivity index (χ1) is 9.15. The molecule has 0 atom stereocenters. The van der Waals surface area contributed by atoms with E-state index in [4.69, 9.17) is 0 Å². The molecular weight excluding hydrogens is 261 g/mol. The van der Waals surface area contributed by atoms with E-state index in [1.54, 1.807) is 12.3 Å². The molecule has 0 N–H and O–H groups in total. The van der Waals surface area contributed by atoms with E-state index in [0.29, 0.717) is 0 Å². The van der Waals surface area contributed by atoms with E-state index < -0.39 is 5.97 Å². The van der Waals surface area contributed by atoms with Crippen LogP contribution in [0.25, 0.3) is 6.08 Å². The number of hydrogen-bond acceptors (Lipinski definition) is 3. The van der Waals surface area contributed by atoms with Gasteiger partial charge in [0.15, 0.2) is 0 Å². The van der Waals surface area contributed by atoms with E-state index in [2.05, 4.69) is 4.98 Å². The van der Waals surface area contributed by atoms with Gasteiger partial charge in [-0.3, -0.25) is 4.98 Å². The number of aliphatic carboxylic acids is 1. The van der Waals surface area contributed by atoms with Gasteiger partial charge in [-0.25, -0.2) is 0 Å². The quantitative estimate of drug-likeness (QED) is 0.522. The summed E-state index contributed by atoms with van der Waals surface area (Å²) < 4.78 is 0. The zero-order chi connectivity index (χ0) is 13.7. The Bertz CT molecular complexity index is 592. The first kappa shape index (κ1) is 16.6. The number of carboxylic acid groups (broad SMARTS) is 1. The minimum absolute atomic E-state index is 0. The maximum absolute atomic E-state index is 10.6. The fraction of sp³-hybridized carbons (Fsp3) is 0.125. The molecule has 0 aliphatic rings. The average Bonchev–Trinajstić information content (AvgIpc) is 2.42. The molecule has 0 aliphatic heterocycles. The molecule has 0 unspecified atom stereocenters. The monoisotopic (exact) mass is 275 g/mol. The van der Waals surface area contributed by atoms with E-state index in [1.807, 2.05) is 42.6 Å². The van der Waals surface area contributed by atoms with Crippen molar-refractivity contribution < 1.29 is 39.5 Å². The molecule has 0 radical (unpaired) electrons. The Balaban J connectivity index is 0.00000200. The predicted octanol–water partition coefficient (Wildman–Crippen LogP) is -1.17. The average molecular weight is 275 g/mol. The van der Waals surface area contributed by atoms with Gasteiger partial charge >= 0.3 is 29.6 Å². The van der Waals surface area contributed by atoms with Gasteiger partial charge in [0.2, 0.25) is 0 Å². The van der Waals surface area contributed by atoms with Gasteiger partial charge in [-0.1, -0.05) is 36.4 Å². The summed E-state index contributed by atoms with van der Waals surface area (Å²) in [4.78, 5) is 14.7. The molecule has 0 saturated heterocycles. The fourth-order valence-electron chi connectivity index (χ4n) is 1.78. The molecule has 4 heteroatoms. The first-order valence-corrected chi connectivity index (χ1v) is 6.02.